The predicted octanol–water partition coefficient (Wildman–Crippen LogP) is 2.90. The molecule has 0 bridgehead atoms. The molecule has 0 aromatic carbocycles. The van der Waals surface area contributed by atoms with Crippen LogP contribution in [0.4, 0.5) is 0 Å². The van der Waals surface area contributed by atoms with Gasteiger partial charge >= 0.3 is 0 Å². The standard InChI is InChI=1S/C13H19N2P/c1-3-5-10-9-11-12(16)6-7-14-13(11)15(10)8-4-2/h6-7,9H,3-5,8,16H2,1-2H3. The summed E-state index contributed by atoms with van der Waals surface area (Å²) in [5.74, 6) is 0. The minimum Gasteiger partial charge on any atom is -0.330 e. The largest absolute Gasteiger partial charge is 0.330 e. The Kier molecular flexibility index (Phi) is 3.60. The molecule has 0 aliphatic rings. The van der Waals surface area contributed by atoms with Crippen molar-refractivity contribution in [2.75, 3.05) is 0 Å². The summed E-state index contributed by atoms with van der Waals surface area (Å²) < 4.78 is 2.37. The molecule has 0 aliphatic carbocycles. The summed E-state index contributed by atoms with van der Waals surface area (Å²) in [7, 11) is 2.80. The molecule has 0 saturated heterocycles. The summed E-state index contributed by atoms with van der Waals surface area (Å²) in [5, 5.41) is 2.53. The number of nitrogens with zero attached hydrogens (tertiary/aromatic N) is 2. The molecule has 2 aromatic heterocycles. The Hall–Kier alpha value is -0.880. The molecule has 2 aromatic rings. The van der Waals surface area contributed by atoms with Crippen molar-refractivity contribution in [3.05, 3.63) is 24.0 Å². The first kappa shape index (κ1) is 11.6. The van der Waals surface area contributed by atoms with Gasteiger partial charge in [0.1, 0.15) is 5.65 Å². The van der Waals surface area contributed by atoms with Gasteiger partial charge in [-0.1, -0.05) is 20.3 Å². The van der Waals surface area contributed by atoms with Crippen LogP contribution in [0.5, 0.6) is 0 Å². The van der Waals surface area contributed by atoms with Gasteiger partial charge in [0, 0.05) is 23.8 Å². The molecule has 1 unspecified atom stereocenters. The van der Waals surface area contributed by atoms with Crippen LogP contribution in [0, 0.1) is 0 Å². The van der Waals surface area contributed by atoms with Crippen LogP contribution in [0.1, 0.15) is 32.4 Å². The number of hydrogen-bond donors (Lipinski definition) is 0. The maximum absolute atomic E-state index is 4.51. The fourth-order valence-corrected chi connectivity index (χ4v) is 2.46. The number of pyridine rings is 1. The average molecular weight is 234 g/mol. The van der Waals surface area contributed by atoms with Crippen molar-refractivity contribution < 1.29 is 0 Å². The number of hydrogen-bond acceptors (Lipinski definition) is 1. The van der Waals surface area contributed by atoms with Crippen molar-refractivity contribution >= 4 is 25.6 Å². The van der Waals surface area contributed by atoms with E-state index in [9.17, 15) is 0 Å². The van der Waals surface area contributed by atoms with E-state index in [1.807, 2.05) is 6.20 Å². The Bertz CT molecular complexity index is 488. The molecule has 0 saturated carbocycles. The zero-order valence-corrected chi connectivity index (χ0v) is 11.2. The molecule has 0 N–H and O–H groups in total. The fourth-order valence-electron chi connectivity index (χ4n) is 2.16. The van der Waals surface area contributed by atoms with Crippen LogP contribution >= 0.6 is 9.24 Å². The van der Waals surface area contributed by atoms with E-state index >= 15 is 0 Å². The van der Waals surface area contributed by atoms with E-state index in [2.05, 4.69) is 44.8 Å². The van der Waals surface area contributed by atoms with Crippen molar-refractivity contribution in [2.45, 2.75) is 39.7 Å². The summed E-state index contributed by atoms with van der Waals surface area (Å²) in [6, 6.07) is 4.35. The molecule has 0 radical (unpaired) electrons. The monoisotopic (exact) mass is 234 g/mol. The molecular formula is C13H19N2P. The Balaban J connectivity index is 2.60. The molecule has 0 aliphatic heterocycles. The second-order valence-electron chi connectivity index (χ2n) is 4.17. The molecule has 3 heteroatoms. The first-order valence-electron chi connectivity index (χ1n) is 6.00. The lowest BCUT2D eigenvalue weighted by molar-refractivity contribution is 0.655. The van der Waals surface area contributed by atoms with Crippen molar-refractivity contribution in [3.8, 4) is 0 Å². The van der Waals surface area contributed by atoms with Gasteiger partial charge in [-0.25, -0.2) is 4.98 Å². The van der Waals surface area contributed by atoms with Gasteiger partial charge in [-0.3, -0.25) is 0 Å². The number of rotatable bonds is 4. The molecule has 86 valence electrons. The van der Waals surface area contributed by atoms with Crippen molar-refractivity contribution in [3.63, 3.8) is 0 Å². The normalized spacial score (nSPS) is 11.2. The van der Waals surface area contributed by atoms with Crippen LogP contribution in [0.25, 0.3) is 11.0 Å². The molecule has 0 fully saturated rings. The van der Waals surface area contributed by atoms with Gasteiger partial charge in [-0.15, -0.1) is 9.24 Å². The molecule has 0 spiro atoms. The highest BCUT2D eigenvalue weighted by molar-refractivity contribution is 7.28. The molecule has 2 heterocycles. The summed E-state index contributed by atoms with van der Waals surface area (Å²) in [4.78, 5) is 4.51. The minimum absolute atomic E-state index is 1.07. The van der Waals surface area contributed by atoms with Crippen molar-refractivity contribution in [1.82, 2.24) is 9.55 Å². The van der Waals surface area contributed by atoms with E-state index in [0.717, 1.165) is 25.0 Å². The van der Waals surface area contributed by atoms with Gasteiger partial charge in [0.15, 0.2) is 0 Å². The number of aryl methyl sites for hydroxylation is 2. The maximum Gasteiger partial charge on any atom is 0.140 e. The Morgan fingerprint density at radius 1 is 1.31 bits per heavy atom. The van der Waals surface area contributed by atoms with Crippen LogP contribution in [-0.4, -0.2) is 9.55 Å². The molecular weight excluding hydrogens is 215 g/mol. The van der Waals surface area contributed by atoms with Crippen LogP contribution < -0.4 is 5.30 Å². The third-order valence-electron chi connectivity index (χ3n) is 2.87. The smallest absolute Gasteiger partial charge is 0.140 e. The summed E-state index contributed by atoms with van der Waals surface area (Å²) in [6.07, 6.45) is 5.38. The zero-order chi connectivity index (χ0) is 11.5. The summed E-state index contributed by atoms with van der Waals surface area (Å²) in [5.41, 5.74) is 2.56. The third-order valence-corrected chi connectivity index (χ3v) is 3.37. The van der Waals surface area contributed by atoms with E-state index in [4.69, 9.17) is 0 Å². The molecule has 0 amide bonds. The van der Waals surface area contributed by atoms with E-state index in [0.29, 0.717) is 0 Å². The first-order valence-corrected chi connectivity index (χ1v) is 6.58. The van der Waals surface area contributed by atoms with Gasteiger partial charge < -0.3 is 4.57 Å². The SMILES string of the molecule is CCCc1cc2c(P)ccnc2n1CCC. The lowest BCUT2D eigenvalue weighted by Crippen LogP contribution is -2.03. The Morgan fingerprint density at radius 2 is 2.12 bits per heavy atom. The Morgan fingerprint density at radius 3 is 2.81 bits per heavy atom. The van der Waals surface area contributed by atoms with Gasteiger partial charge in [0.25, 0.3) is 0 Å². The second-order valence-corrected chi connectivity index (χ2v) is 4.80. The van der Waals surface area contributed by atoms with Gasteiger partial charge in [0.05, 0.1) is 0 Å². The second kappa shape index (κ2) is 4.97. The molecule has 16 heavy (non-hydrogen) atoms. The topological polar surface area (TPSA) is 17.8 Å². The predicted molar refractivity (Wildman–Crippen MR) is 73.4 cm³/mol. The minimum atomic E-state index is 1.07. The van der Waals surface area contributed by atoms with Crippen LogP contribution in [-0.2, 0) is 13.0 Å². The van der Waals surface area contributed by atoms with Crippen LogP contribution in [0.2, 0.25) is 0 Å². The number of fused-ring (bicyclic) bond motifs is 1. The highest BCUT2D eigenvalue weighted by Crippen LogP contribution is 2.19. The van der Waals surface area contributed by atoms with Gasteiger partial charge in [0.2, 0.25) is 0 Å². The quantitative estimate of drug-likeness (QED) is 0.744. The van der Waals surface area contributed by atoms with Crippen LogP contribution in [0.3, 0.4) is 0 Å². The van der Waals surface area contributed by atoms with Gasteiger partial charge in [-0.05, 0) is 30.3 Å². The number of aromatic nitrogens is 2. The van der Waals surface area contributed by atoms with Gasteiger partial charge in [-0.2, -0.15) is 0 Å². The highest BCUT2D eigenvalue weighted by atomic mass is 31.0. The fraction of sp³-hybridized carbons (Fsp3) is 0.462. The molecule has 2 rings (SSSR count). The third kappa shape index (κ3) is 1.99. The zero-order valence-electron chi connectivity index (χ0n) is 10.0. The molecule has 1 atom stereocenters. The van der Waals surface area contributed by atoms with E-state index in [1.165, 1.54) is 22.8 Å². The lowest BCUT2D eigenvalue weighted by atomic mass is 10.2. The lowest BCUT2D eigenvalue weighted by Gasteiger charge is -2.07. The van der Waals surface area contributed by atoms with Crippen LogP contribution in [0.15, 0.2) is 18.3 Å². The summed E-state index contributed by atoms with van der Waals surface area (Å²) >= 11 is 0. The van der Waals surface area contributed by atoms with Crippen molar-refractivity contribution in [1.29, 1.82) is 0 Å². The Labute approximate surface area is 99.3 Å². The first-order chi connectivity index (χ1) is 7.77. The van der Waals surface area contributed by atoms with E-state index in [1.54, 1.807) is 0 Å². The summed E-state index contributed by atoms with van der Waals surface area (Å²) in [6.45, 7) is 5.51. The average Bonchev–Trinajstić information content (AvgIpc) is 2.61. The molecule has 2 nitrogen and oxygen atoms in total. The maximum atomic E-state index is 4.51. The van der Waals surface area contributed by atoms with E-state index in [-0.39, 0.29) is 0 Å². The van der Waals surface area contributed by atoms with E-state index < -0.39 is 0 Å². The highest BCUT2D eigenvalue weighted by Gasteiger charge is 2.09. The van der Waals surface area contributed by atoms with Crippen molar-refractivity contribution in [2.24, 2.45) is 0 Å².